The maximum Gasteiger partial charge on any atom is 0.236 e. The number of likely N-dealkylation sites (tertiary alicyclic amines) is 1. The number of hydrogen-bond donors (Lipinski definition) is 1. The maximum absolute atomic E-state index is 11.7. The Labute approximate surface area is 99.0 Å². The molecule has 1 saturated heterocycles. The quantitative estimate of drug-likeness (QED) is 0.744. The number of carbonyl (C=O) groups is 1. The molecule has 0 atom stereocenters. The summed E-state index contributed by atoms with van der Waals surface area (Å²) in [6, 6.07) is 0.653. The Balaban J connectivity index is 2.24. The molecule has 94 valence electrons. The Morgan fingerprint density at radius 1 is 1.38 bits per heavy atom. The van der Waals surface area contributed by atoms with E-state index >= 15 is 0 Å². The lowest BCUT2D eigenvalue weighted by Crippen LogP contribution is -2.46. The molecule has 1 aliphatic rings. The van der Waals surface area contributed by atoms with Crippen molar-refractivity contribution in [1.82, 2.24) is 15.1 Å². The van der Waals surface area contributed by atoms with Gasteiger partial charge in [0.2, 0.25) is 5.91 Å². The molecule has 1 N–H and O–H groups in total. The molecule has 0 saturated carbocycles. The van der Waals surface area contributed by atoms with Crippen molar-refractivity contribution in [1.29, 1.82) is 0 Å². The molecule has 0 aromatic carbocycles. The largest absolute Gasteiger partial charge is 0.345 e. The lowest BCUT2D eigenvalue weighted by atomic mass is 10.1. The average Bonchev–Trinajstić information content (AvgIpc) is 2.31. The van der Waals surface area contributed by atoms with Crippen LogP contribution < -0.4 is 5.32 Å². The van der Waals surface area contributed by atoms with Crippen LogP contribution in [0.4, 0.5) is 0 Å². The predicted molar refractivity (Wildman–Crippen MR) is 66.4 cm³/mol. The second-order valence-electron chi connectivity index (χ2n) is 4.52. The fraction of sp³-hybridized carbons (Fsp3) is 0.917. The summed E-state index contributed by atoms with van der Waals surface area (Å²) >= 11 is 0. The van der Waals surface area contributed by atoms with Crippen LogP contribution in [0.1, 0.15) is 26.7 Å². The van der Waals surface area contributed by atoms with Crippen molar-refractivity contribution in [2.24, 2.45) is 0 Å². The van der Waals surface area contributed by atoms with Crippen LogP contribution in [0.15, 0.2) is 0 Å². The monoisotopic (exact) mass is 227 g/mol. The highest BCUT2D eigenvalue weighted by molar-refractivity contribution is 5.77. The van der Waals surface area contributed by atoms with E-state index in [1.807, 2.05) is 14.0 Å². The summed E-state index contributed by atoms with van der Waals surface area (Å²) in [4.78, 5) is 15.8. The first-order chi connectivity index (χ1) is 7.67. The van der Waals surface area contributed by atoms with Crippen molar-refractivity contribution in [3.8, 4) is 0 Å². The van der Waals surface area contributed by atoms with Crippen molar-refractivity contribution < 1.29 is 4.79 Å². The van der Waals surface area contributed by atoms with E-state index in [2.05, 4.69) is 17.1 Å². The summed E-state index contributed by atoms with van der Waals surface area (Å²) in [5, 5.41) is 3.47. The van der Waals surface area contributed by atoms with E-state index in [9.17, 15) is 4.79 Å². The summed E-state index contributed by atoms with van der Waals surface area (Å²) in [5.41, 5.74) is 0. The summed E-state index contributed by atoms with van der Waals surface area (Å²) in [5.74, 6) is 0.240. The van der Waals surface area contributed by atoms with Crippen molar-refractivity contribution in [3.05, 3.63) is 0 Å². The van der Waals surface area contributed by atoms with Crippen LogP contribution in [0.2, 0.25) is 0 Å². The van der Waals surface area contributed by atoms with Crippen molar-refractivity contribution in [3.63, 3.8) is 0 Å². The van der Waals surface area contributed by atoms with Gasteiger partial charge in [-0.05, 0) is 26.3 Å². The summed E-state index contributed by atoms with van der Waals surface area (Å²) < 4.78 is 0. The second-order valence-corrected chi connectivity index (χ2v) is 4.52. The van der Waals surface area contributed by atoms with Gasteiger partial charge in [-0.2, -0.15) is 0 Å². The van der Waals surface area contributed by atoms with E-state index in [1.54, 1.807) is 4.90 Å². The molecule has 0 unspecified atom stereocenters. The Morgan fingerprint density at radius 2 is 2.00 bits per heavy atom. The first-order valence-electron chi connectivity index (χ1n) is 6.37. The smallest absolute Gasteiger partial charge is 0.236 e. The van der Waals surface area contributed by atoms with Gasteiger partial charge < -0.3 is 10.2 Å². The van der Waals surface area contributed by atoms with Gasteiger partial charge in [-0.1, -0.05) is 6.92 Å². The molecular weight excluding hydrogens is 202 g/mol. The first kappa shape index (κ1) is 13.5. The molecule has 1 rings (SSSR count). The maximum atomic E-state index is 11.7. The third kappa shape index (κ3) is 4.10. The van der Waals surface area contributed by atoms with Crippen LogP contribution in [-0.4, -0.2) is 61.5 Å². The molecule has 4 nitrogen and oxygen atoms in total. The third-order valence-electron chi connectivity index (χ3n) is 3.34. The van der Waals surface area contributed by atoms with Gasteiger partial charge in [0.15, 0.2) is 0 Å². The minimum atomic E-state index is 0.240. The number of nitrogens with one attached hydrogen (secondary N) is 1. The Morgan fingerprint density at radius 3 is 2.50 bits per heavy atom. The fourth-order valence-corrected chi connectivity index (χ4v) is 2.07. The highest BCUT2D eigenvalue weighted by Crippen LogP contribution is 2.09. The number of nitrogens with zero attached hydrogens (tertiary/aromatic N) is 2. The molecule has 0 bridgehead atoms. The summed E-state index contributed by atoms with van der Waals surface area (Å²) in [6.07, 6.45) is 2.33. The van der Waals surface area contributed by atoms with E-state index in [4.69, 9.17) is 0 Å². The Hall–Kier alpha value is -0.610. The van der Waals surface area contributed by atoms with Gasteiger partial charge in [-0.25, -0.2) is 0 Å². The fourth-order valence-electron chi connectivity index (χ4n) is 2.07. The van der Waals surface area contributed by atoms with Gasteiger partial charge in [-0.15, -0.1) is 0 Å². The van der Waals surface area contributed by atoms with Gasteiger partial charge >= 0.3 is 0 Å². The number of hydrogen-bond acceptors (Lipinski definition) is 3. The van der Waals surface area contributed by atoms with Crippen LogP contribution >= 0.6 is 0 Å². The van der Waals surface area contributed by atoms with Gasteiger partial charge in [0, 0.05) is 32.7 Å². The van der Waals surface area contributed by atoms with Gasteiger partial charge in [-0.3, -0.25) is 9.69 Å². The van der Waals surface area contributed by atoms with Crippen LogP contribution in [-0.2, 0) is 4.79 Å². The van der Waals surface area contributed by atoms with Crippen LogP contribution in [0.3, 0.4) is 0 Å². The first-order valence-corrected chi connectivity index (χ1v) is 6.37. The van der Waals surface area contributed by atoms with Crippen molar-refractivity contribution in [2.45, 2.75) is 32.7 Å². The van der Waals surface area contributed by atoms with Crippen LogP contribution in [0, 0.1) is 0 Å². The zero-order valence-electron chi connectivity index (χ0n) is 10.8. The van der Waals surface area contributed by atoms with Gasteiger partial charge in [0.1, 0.15) is 0 Å². The molecule has 1 fully saturated rings. The summed E-state index contributed by atoms with van der Waals surface area (Å²) in [7, 11) is 1.87. The molecule has 0 aliphatic carbocycles. The minimum absolute atomic E-state index is 0.240. The predicted octanol–water partition coefficient (Wildman–Crippen LogP) is 0.539. The SMILES string of the molecule is CCNC1CCN(CC(=O)N(C)CC)CC1. The second kappa shape index (κ2) is 6.86. The number of likely N-dealkylation sites (N-methyl/N-ethyl adjacent to an activating group) is 1. The van der Waals surface area contributed by atoms with Crippen LogP contribution in [0.5, 0.6) is 0 Å². The number of carbonyl (C=O) groups excluding carboxylic acids is 1. The Kier molecular flexibility index (Phi) is 5.77. The lowest BCUT2D eigenvalue weighted by Gasteiger charge is -2.32. The number of rotatable bonds is 5. The molecule has 0 spiro atoms. The van der Waals surface area contributed by atoms with E-state index in [0.29, 0.717) is 12.6 Å². The molecule has 0 aromatic rings. The number of amides is 1. The molecule has 4 heteroatoms. The van der Waals surface area contributed by atoms with Gasteiger partial charge in [0.05, 0.1) is 6.54 Å². The zero-order chi connectivity index (χ0) is 12.0. The third-order valence-corrected chi connectivity index (χ3v) is 3.34. The highest BCUT2D eigenvalue weighted by Gasteiger charge is 2.20. The lowest BCUT2D eigenvalue weighted by molar-refractivity contribution is -0.131. The number of piperidine rings is 1. The van der Waals surface area contributed by atoms with Crippen molar-refractivity contribution >= 4 is 5.91 Å². The Bertz CT molecular complexity index is 212. The highest BCUT2D eigenvalue weighted by atomic mass is 16.2. The molecular formula is C12H25N3O. The standard InChI is InChI=1S/C12H25N3O/c1-4-13-11-6-8-15(9-7-11)10-12(16)14(3)5-2/h11,13H,4-10H2,1-3H3. The molecule has 16 heavy (non-hydrogen) atoms. The normalized spacial score (nSPS) is 18.7. The summed E-state index contributed by atoms with van der Waals surface area (Å²) in [6.45, 7) is 8.67. The molecule has 1 aliphatic heterocycles. The van der Waals surface area contributed by atoms with E-state index < -0.39 is 0 Å². The van der Waals surface area contributed by atoms with E-state index in [1.165, 1.54) is 0 Å². The molecule has 1 heterocycles. The van der Waals surface area contributed by atoms with E-state index in [-0.39, 0.29) is 5.91 Å². The topological polar surface area (TPSA) is 35.6 Å². The molecule has 0 aromatic heterocycles. The van der Waals surface area contributed by atoms with E-state index in [0.717, 1.165) is 39.0 Å². The average molecular weight is 227 g/mol. The minimum Gasteiger partial charge on any atom is -0.345 e. The van der Waals surface area contributed by atoms with Gasteiger partial charge in [0.25, 0.3) is 0 Å². The van der Waals surface area contributed by atoms with Crippen LogP contribution in [0.25, 0.3) is 0 Å². The molecule has 1 amide bonds. The van der Waals surface area contributed by atoms with Crippen molar-refractivity contribution in [2.75, 3.05) is 39.8 Å². The molecule has 0 radical (unpaired) electrons. The zero-order valence-corrected chi connectivity index (χ0v) is 10.8.